The molecule has 180 valence electrons. The number of imidazole rings is 1. The van der Waals surface area contributed by atoms with E-state index in [0.717, 1.165) is 68.1 Å². The van der Waals surface area contributed by atoms with Crippen LogP contribution in [-0.2, 0) is 0 Å². The number of methoxy groups -OCH3 is 1. The summed E-state index contributed by atoms with van der Waals surface area (Å²) in [5, 5.41) is 0. The zero-order chi connectivity index (χ0) is 23.9. The maximum atomic E-state index is 13.1. The van der Waals surface area contributed by atoms with Crippen LogP contribution in [0, 0.1) is 0 Å². The normalized spacial score (nSPS) is 14.1. The predicted octanol–water partition coefficient (Wildman–Crippen LogP) is 5.31. The van der Waals surface area contributed by atoms with E-state index >= 15 is 0 Å². The number of amides is 1. The number of carbonyl (C=O) groups excluding carboxylic acids is 1. The molecule has 4 rings (SSSR count). The molecule has 1 saturated heterocycles. The van der Waals surface area contributed by atoms with Crippen LogP contribution in [0.5, 0.6) is 11.5 Å². The van der Waals surface area contributed by atoms with Gasteiger partial charge in [0.2, 0.25) is 0 Å². The molecule has 0 atom stereocenters. The van der Waals surface area contributed by atoms with E-state index in [4.69, 9.17) is 9.47 Å². The Hall–Kier alpha value is -3.48. The fourth-order valence-electron chi connectivity index (χ4n) is 4.28. The van der Waals surface area contributed by atoms with E-state index in [9.17, 15) is 4.79 Å². The molecule has 0 radical (unpaired) electrons. The van der Waals surface area contributed by atoms with Crippen molar-refractivity contribution in [2.45, 2.75) is 38.6 Å². The molecule has 3 aromatic rings. The number of hydrogen-bond acceptors (Lipinski definition) is 5. The van der Waals surface area contributed by atoms with E-state index in [0.29, 0.717) is 0 Å². The molecule has 1 aliphatic heterocycles. The lowest BCUT2D eigenvalue weighted by Gasteiger charge is -2.37. The van der Waals surface area contributed by atoms with Crippen LogP contribution >= 0.6 is 0 Å². The standard InChI is InChI=1S/C27H34N4O3/c1-4-5-18-34-25-10-6-21(7-11-25)26-19-31(20-28-26)27(32)29(2)22-14-16-30(17-15-22)23-8-12-24(33-3)13-9-23/h6-13,19-20,22H,4-5,14-18H2,1-3H3. The smallest absolute Gasteiger partial charge is 0.329 e. The topological polar surface area (TPSA) is 59.8 Å². The Kier molecular flexibility index (Phi) is 7.72. The molecule has 2 aromatic carbocycles. The van der Waals surface area contributed by atoms with Crippen molar-refractivity contribution in [3.63, 3.8) is 0 Å². The Balaban J connectivity index is 1.33. The molecule has 2 heterocycles. The largest absolute Gasteiger partial charge is 0.497 e. The summed E-state index contributed by atoms with van der Waals surface area (Å²) in [5.74, 6) is 1.72. The Bertz CT molecular complexity index is 1050. The fourth-order valence-corrected chi connectivity index (χ4v) is 4.28. The molecule has 7 nitrogen and oxygen atoms in total. The van der Waals surface area contributed by atoms with Gasteiger partial charge in [-0.05, 0) is 67.8 Å². The van der Waals surface area contributed by atoms with Crippen LogP contribution in [0.15, 0.2) is 61.1 Å². The lowest BCUT2D eigenvalue weighted by Crippen LogP contribution is -2.46. The average Bonchev–Trinajstić information content (AvgIpc) is 3.39. The van der Waals surface area contributed by atoms with Gasteiger partial charge in [-0.2, -0.15) is 0 Å². The first-order valence-electron chi connectivity index (χ1n) is 12.0. The van der Waals surface area contributed by atoms with Gasteiger partial charge in [0, 0.05) is 43.6 Å². The van der Waals surface area contributed by atoms with Crippen LogP contribution in [0.2, 0.25) is 0 Å². The number of benzene rings is 2. The van der Waals surface area contributed by atoms with Crippen LogP contribution < -0.4 is 14.4 Å². The molecular weight excluding hydrogens is 428 g/mol. The second kappa shape index (κ2) is 11.1. The lowest BCUT2D eigenvalue weighted by atomic mass is 10.0. The number of hydrogen-bond donors (Lipinski definition) is 0. The van der Waals surface area contributed by atoms with Gasteiger partial charge < -0.3 is 19.3 Å². The number of rotatable bonds is 8. The molecule has 1 aromatic heterocycles. The summed E-state index contributed by atoms with van der Waals surface area (Å²) in [4.78, 5) is 21.8. The van der Waals surface area contributed by atoms with Gasteiger partial charge in [0.25, 0.3) is 0 Å². The van der Waals surface area contributed by atoms with Crippen molar-refractivity contribution in [2.24, 2.45) is 0 Å². The molecule has 0 unspecified atom stereocenters. The van der Waals surface area contributed by atoms with E-state index in [1.807, 2.05) is 48.3 Å². The highest BCUT2D eigenvalue weighted by Crippen LogP contribution is 2.25. The van der Waals surface area contributed by atoms with Gasteiger partial charge in [0.05, 0.1) is 19.4 Å². The summed E-state index contributed by atoms with van der Waals surface area (Å²) >= 11 is 0. The van der Waals surface area contributed by atoms with Crippen LogP contribution in [0.3, 0.4) is 0 Å². The number of nitrogens with zero attached hydrogens (tertiary/aromatic N) is 4. The summed E-state index contributed by atoms with van der Waals surface area (Å²) in [6.07, 6.45) is 7.41. The monoisotopic (exact) mass is 462 g/mol. The second-order valence-corrected chi connectivity index (χ2v) is 8.70. The van der Waals surface area contributed by atoms with Crippen molar-refractivity contribution in [1.29, 1.82) is 0 Å². The van der Waals surface area contributed by atoms with Gasteiger partial charge in [0.1, 0.15) is 17.8 Å². The molecule has 0 spiro atoms. The van der Waals surface area contributed by atoms with Crippen molar-refractivity contribution < 1.29 is 14.3 Å². The highest BCUT2D eigenvalue weighted by atomic mass is 16.5. The first-order valence-corrected chi connectivity index (χ1v) is 12.0. The molecule has 1 fully saturated rings. The van der Waals surface area contributed by atoms with Gasteiger partial charge in [-0.1, -0.05) is 13.3 Å². The molecule has 0 saturated carbocycles. The van der Waals surface area contributed by atoms with Crippen molar-refractivity contribution in [3.05, 3.63) is 61.1 Å². The summed E-state index contributed by atoms with van der Waals surface area (Å²) in [6.45, 7) is 4.70. The van der Waals surface area contributed by atoms with Gasteiger partial charge in [-0.25, -0.2) is 9.78 Å². The lowest BCUT2D eigenvalue weighted by molar-refractivity contribution is 0.181. The highest BCUT2D eigenvalue weighted by Gasteiger charge is 2.26. The number of aromatic nitrogens is 2. The molecule has 0 aliphatic carbocycles. The number of piperidine rings is 1. The van der Waals surface area contributed by atoms with Crippen molar-refractivity contribution in [3.8, 4) is 22.8 Å². The van der Waals surface area contributed by atoms with E-state index in [1.54, 1.807) is 24.2 Å². The maximum absolute atomic E-state index is 13.1. The zero-order valence-corrected chi connectivity index (χ0v) is 20.3. The summed E-state index contributed by atoms with van der Waals surface area (Å²) in [6, 6.07) is 16.2. The van der Waals surface area contributed by atoms with Crippen LogP contribution in [0.4, 0.5) is 10.5 Å². The van der Waals surface area contributed by atoms with E-state index in [2.05, 4.69) is 28.9 Å². The zero-order valence-electron chi connectivity index (χ0n) is 20.3. The van der Waals surface area contributed by atoms with Crippen LogP contribution in [0.25, 0.3) is 11.3 Å². The van der Waals surface area contributed by atoms with Gasteiger partial charge >= 0.3 is 6.03 Å². The Morgan fingerprint density at radius 3 is 2.38 bits per heavy atom. The molecular formula is C27H34N4O3. The first kappa shape index (κ1) is 23.7. The minimum atomic E-state index is -0.0545. The number of unbranched alkanes of at least 4 members (excludes halogenated alkanes) is 1. The summed E-state index contributed by atoms with van der Waals surface area (Å²) < 4.78 is 12.6. The highest BCUT2D eigenvalue weighted by molar-refractivity contribution is 5.78. The van der Waals surface area contributed by atoms with Crippen molar-refractivity contribution >= 4 is 11.7 Å². The summed E-state index contributed by atoms with van der Waals surface area (Å²) in [5.41, 5.74) is 2.93. The first-order chi connectivity index (χ1) is 16.6. The summed E-state index contributed by atoms with van der Waals surface area (Å²) in [7, 11) is 3.56. The SMILES string of the molecule is CCCCOc1ccc(-c2cn(C(=O)N(C)C3CCN(c4ccc(OC)cc4)CC3)cn2)cc1. The van der Waals surface area contributed by atoms with Crippen LogP contribution in [0.1, 0.15) is 32.6 Å². The number of ether oxygens (including phenoxy) is 2. The third-order valence-corrected chi connectivity index (χ3v) is 6.47. The number of anilines is 1. The molecule has 0 N–H and O–H groups in total. The van der Waals surface area contributed by atoms with Crippen LogP contribution in [-0.4, -0.2) is 60.4 Å². The second-order valence-electron chi connectivity index (χ2n) is 8.70. The molecule has 1 aliphatic rings. The minimum Gasteiger partial charge on any atom is -0.497 e. The van der Waals surface area contributed by atoms with Gasteiger partial charge in [0.15, 0.2) is 0 Å². The number of carbonyl (C=O) groups is 1. The van der Waals surface area contributed by atoms with Gasteiger partial charge in [-0.15, -0.1) is 0 Å². The van der Waals surface area contributed by atoms with Crippen molar-refractivity contribution in [2.75, 3.05) is 38.8 Å². The van der Waals surface area contributed by atoms with E-state index in [-0.39, 0.29) is 12.1 Å². The quantitative estimate of drug-likeness (QED) is 0.425. The maximum Gasteiger partial charge on any atom is 0.329 e. The Morgan fingerprint density at radius 1 is 1.06 bits per heavy atom. The van der Waals surface area contributed by atoms with E-state index in [1.165, 1.54) is 5.69 Å². The predicted molar refractivity (Wildman–Crippen MR) is 135 cm³/mol. The third kappa shape index (κ3) is 5.53. The average molecular weight is 463 g/mol. The Labute approximate surface area is 201 Å². The molecule has 34 heavy (non-hydrogen) atoms. The third-order valence-electron chi connectivity index (χ3n) is 6.47. The fraction of sp³-hybridized carbons (Fsp3) is 0.407. The minimum absolute atomic E-state index is 0.0545. The molecule has 1 amide bonds. The molecule has 0 bridgehead atoms. The van der Waals surface area contributed by atoms with Gasteiger partial charge in [-0.3, -0.25) is 4.57 Å². The molecule has 7 heteroatoms. The Morgan fingerprint density at radius 2 is 1.74 bits per heavy atom. The van der Waals surface area contributed by atoms with Crippen molar-refractivity contribution in [1.82, 2.24) is 14.5 Å². The van der Waals surface area contributed by atoms with E-state index < -0.39 is 0 Å².